The summed E-state index contributed by atoms with van der Waals surface area (Å²) in [6.07, 6.45) is 0.233. The third kappa shape index (κ3) is 5.13. The predicted octanol–water partition coefficient (Wildman–Crippen LogP) is 5.22. The number of carbonyl (C=O) groups excluding carboxylic acids is 1. The Balaban J connectivity index is 1.11. The van der Waals surface area contributed by atoms with Crippen LogP contribution in [0.25, 0.3) is 11.1 Å². The SMILES string of the molecule is COCC(C)CNc1ccc2c(c1)CC(CNC(=O)OCC1c3ccccc3-c3ccccc31)O2. The fourth-order valence-corrected chi connectivity index (χ4v) is 5.03. The monoisotopic (exact) mass is 472 g/mol. The molecule has 2 aliphatic rings. The molecule has 6 nitrogen and oxygen atoms in total. The van der Waals surface area contributed by atoms with Gasteiger partial charge in [0.2, 0.25) is 0 Å². The van der Waals surface area contributed by atoms with Gasteiger partial charge in [0, 0.05) is 31.7 Å². The van der Waals surface area contributed by atoms with E-state index < -0.39 is 6.09 Å². The molecule has 1 aliphatic carbocycles. The second kappa shape index (κ2) is 10.4. The Hall–Kier alpha value is -3.51. The molecule has 5 rings (SSSR count). The van der Waals surface area contributed by atoms with Crippen molar-refractivity contribution in [3.63, 3.8) is 0 Å². The highest BCUT2D eigenvalue weighted by atomic mass is 16.5. The lowest BCUT2D eigenvalue weighted by Crippen LogP contribution is -2.35. The molecule has 1 aliphatic heterocycles. The van der Waals surface area contributed by atoms with Crippen molar-refractivity contribution in [2.24, 2.45) is 5.92 Å². The van der Waals surface area contributed by atoms with Gasteiger partial charge in [0.15, 0.2) is 0 Å². The van der Waals surface area contributed by atoms with E-state index in [0.717, 1.165) is 36.6 Å². The van der Waals surface area contributed by atoms with E-state index in [1.807, 2.05) is 36.4 Å². The lowest BCUT2D eigenvalue weighted by atomic mass is 9.98. The molecule has 2 atom stereocenters. The second-order valence-electron chi connectivity index (χ2n) is 9.41. The van der Waals surface area contributed by atoms with E-state index in [4.69, 9.17) is 14.2 Å². The minimum absolute atomic E-state index is 0.0534. The number of carbonyl (C=O) groups is 1. The Morgan fingerprint density at radius 3 is 2.49 bits per heavy atom. The van der Waals surface area contributed by atoms with E-state index in [-0.39, 0.29) is 12.0 Å². The largest absolute Gasteiger partial charge is 0.488 e. The minimum atomic E-state index is -0.416. The number of methoxy groups -OCH3 is 1. The minimum Gasteiger partial charge on any atom is -0.488 e. The van der Waals surface area contributed by atoms with E-state index >= 15 is 0 Å². The Bertz CT molecular complexity index is 1150. The van der Waals surface area contributed by atoms with Gasteiger partial charge in [-0.15, -0.1) is 0 Å². The van der Waals surface area contributed by atoms with Crippen molar-refractivity contribution in [2.75, 3.05) is 38.7 Å². The Kier molecular flexibility index (Phi) is 6.91. The molecule has 182 valence electrons. The quantitative estimate of drug-likeness (QED) is 0.447. The normalized spacial score (nSPS) is 16.6. The maximum Gasteiger partial charge on any atom is 0.407 e. The number of hydrogen-bond donors (Lipinski definition) is 2. The standard InChI is InChI=1S/C29H32N2O4/c1-19(17-33-2)15-30-21-11-12-28-20(13-21)14-22(35-28)16-31-29(32)34-18-27-25-9-5-3-7-23(25)24-8-4-6-10-26(24)27/h3-13,19,22,27,30H,14-18H2,1-2H3,(H,31,32). The molecule has 0 aromatic heterocycles. The van der Waals surface area contributed by atoms with Crippen molar-refractivity contribution in [3.8, 4) is 16.9 Å². The Labute approximate surface area is 206 Å². The van der Waals surface area contributed by atoms with Gasteiger partial charge in [-0.2, -0.15) is 0 Å². The van der Waals surface area contributed by atoms with E-state index in [1.54, 1.807) is 7.11 Å². The molecule has 1 amide bonds. The van der Waals surface area contributed by atoms with Crippen LogP contribution in [0.3, 0.4) is 0 Å². The highest BCUT2D eigenvalue weighted by molar-refractivity contribution is 5.79. The number of nitrogens with one attached hydrogen (secondary N) is 2. The van der Waals surface area contributed by atoms with Crippen molar-refractivity contribution in [2.45, 2.75) is 25.4 Å². The zero-order valence-corrected chi connectivity index (χ0v) is 20.3. The van der Waals surface area contributed by atoms with E-state index in [1.165, 1.54) is 22.3 Å². The number of ether oxygens (including phenoxy) is 3. The predicted molar refractivity (Wildman–Crippen MR) is 137 cm³/mol. The molecule has 0 fully saturated rings. The molecule has 0 radical (unpaired) electrons. The van der Waals surface area contributed by atoms with Crippen LogP contribution in [0.4, 0.5) is 10.5 Å². The first-order valence-electron chi connectivity index (χ1n) is 12.2. The summed E-state index contributed by atoms with van der Waals surface area (Å²) in [5, 5.41) is 6.34. The maximum absolute atomic E-state index is 12.5. The van der Waals surface area contributed by atoms with Gasteiger partial charge in [-0.1, -0.05) is 55.5 Å². The van der Waals surface area contributed by atoms with Crippen LogP contribution in [-0.2, 0) is 15.9 Å². The summed E-state index contributed by atoms with van der Waals surface area (Å²) in [5.74, 6) is 1.36. The molecule has 35 heavy (non-hydrogen) atoms. The third-order valence-corrected chi connectivity index (χ3v) is 6.73. The van der Waals surface area contributed by atoms with E-state index in [2.05, 4.69) is 47.9 Å². The zero-order valence-electron chi connectivity index (χ0n) is 20.3. The molecular formula is C29H32N2O4. The summed E-state index contributed by atoms with van der Waals surface area (Å²) in [6, 6.07) is 22.8. The first-order valence-corrected chi connectivity index (χ1v) is 12.2. The first kappa shape index (κ1) is 23.2. The van der Waals surface area contributed by atoms with Crippen LogP contribution in [0, 0.1) is 5.92 Å². The number of rotatable bonds is 9. The summed E-state index contributed by atoms with van der Waals surface area (Å²) in [4.78, 5) is 12.5. The molecule has 0 saturated carbocycles. The van der Waals surface area contributed by atoms with Gasteiger partial charge in [-0.3, -0.25) is 0 Å². The van der Waals surface area contributed by atoms with Crippen LogP contribution in [0.15, 0.2) is 66.7 Å². The summed E-state index contributed by atoms with van der Waals surface area (Å²) >= 11 is 0. The number of amides is 1. The van der Waals surface area contributed by atoms with Gasteiger partial charge in [-0.25, -0.2) is 4.79 Å². The average molecular weight is 473 g/mol. The van der Waals surface area contributed by atoms with E-state index in [9.17, 15) is 4.79 Å². The topological polar surface area (TPSA) is 68.8 Å². The van der Waals surface area contributed by atoms with Gasteiger partial charge in [0.1, 0.15) is 18.5 Å². The van der Waals surface area contributed by atoms with Gasteiger partial charge in [0.05, 0.1) is 13.2 Å². The smallest absolute Gasteiger partial charge is 0.407 e. The Morgan fingerprint density at radius 2 is 1.77 bits per heavy atom. The number of anilines is 1. The van der Waals surface area contributed by atoms with Gasteiger partial charge in [0.25, 0.3) is 0 Å². The van der Waals surface area contributed by atoms with Gasteiger partial charge >= 0.3 is 6.09 Å². The number of benzene rings is 3. The van der Waals surface area contributed by atoms with Crippen molar-refractivity contribution < 1.29 is 19.0 Å². The van der Waals surface area contributed by atoms with Crippen molar-refractivity contribution in [1.82, 2.24) is 5.32 Å². The van der Waals surface area contributed by atoms with Crippen LogP contribution in [0.5, 0.6) is 5.75 Å². The molecule has 0 spiro atoms. The molecule has 2 unspecified atom stereocenters. The van der Waals surface area contributed by atoms with Crippen molar-refractivity contribution >= 4 is 11.8 Å². The van der Waals surface area contributed by atoms with Crippen LogP contribution < -0.4 is 15.4 Å². The number of fused-ring (bicyclic) bond motifs is 4. The molecule has 1 heterocycles. The highest BCUT2D eigenvalue weighted by Crippen LogP contribution is 2.44. The van der Waals surface area contributed by atoms with Crippen LogP contribution >= 0.6 is 0 Å². The molecule has 3 aromatic carbocycles. The highest BCUT2D eigenvalue weighted by Gasteiger charge is 2.29. The van der Waals surface area contributed by atoms with Crippen LogP contribution in [-0.4, -0.2) is 45.6 Å². The lowest BCUT2D eigenvalue weighted by Gasteiger charge is -2.16. The summed E-state index contributed by atoms with van der Waals surface area (Å²) in [7, 11) is 1.72. The van der Waals surface area contributed by atoms with Gasteiger partial charge in [-0.05, 0) is 51.9 Å². The van der Waals surface area contributed by atoms with Crippen molar-refractivity contribution in [1.29, 1.82) is 0 Å². The molecular weight excluding hydrogens is 440 g/mol. The van der Waals surface area contributed by atoms with Crippen molar-refractivity contribution in [3.05, 3.63) is 83.4 Å². The lowest BCUT2D eigenvalue weighted by molar-refractivity contribution is 0.136. The summed E-state index contributed by atoms with van der Waals surface area (Å²) in [6.45, 7) is 4.43. The fraction of sp³-hybridized carbons (Fsp3) is 0.345. The maximum atomic E-state index is 12.5. The number of alkyl carbamates (subject to hydrolysis) is 1. The summed E-state index contributed by atoms with van der Waals surface area (Å²) < 4.78 is 16.9. The van der Waals surface area contributed by atoms with Crippen LogP contribution in [0.1, 0.15) is 29.5 Å². The third-order valence-electron chi connectivity index (χ3n) is 6.73. The van der Waals surface area contributed by atoms with E-state index in [0.29, 0.717) is 19.1 Å². The molecule has 2 N–H and O–H groups in total. The molecule has 0 bridgehead atoms. The summed E-state index contributed by atoms with van der Waals surface area (Å²) in [5.41, 5.74) is 7.07. The fourth-order valence-electron chi connectivity index (χ4n) is 5.03. The molecule has 6 heteroatoms. The zero-order chi connectivity index (χ0) is 24.2. The Morgan fingerprint density at radius 1 is 1.06 bits per heavy atom. The second-order valence-corrected chi connectivity index (χ2v) is 9.41. The first-order chi connectivity index (χ1) is 17.1. The number of hydrogen-bond acceptors (Lipinski definition) is 5. The van der Waals surface area contributed by atoms with Gasteiger partial charge < -0.3 is 24.8 Å². The average Bonchev–Trinajstić information content (AvgIpc) is 3.43. The molecule has 0 saturated heterocycles. The molecule has 3 aromatic rings. The van der Waals surface area contributed by atoms with Crippen LogP contribution in [0.2, 0.25) is 0 Å².